The van der Waals surface area contributed by atoms with Gasteiger partial charge in [0.15, 0.2) is 10.1 Å². The Balaban J connectivity index is 0.000000686. The molecule has 1 heterocycles. The zero-order chi connectivity index (χ0) is 28.3. The van der Waals surface area contributed by atoms with Crippen LogP contribution in [0, 0.1) is 0 Å². The van der Waals surface area contributed by atoms with Crippen molar-refractivity contribution in [3.05, 3.63) is 18.7 Å². The molecule has 0 bridgehead atoms. The van der Waals surface area contributed by atoms with Crippen molar-refractivity contribution in [1.29, 1.82) is 0 Å². The normalized spacial score (nSPS) is 13.4. The van der Waals surface area contributed by atoms with E-state index in [1.54, 1.807) is 0 Å². The lowest BCUT2D eigenvalue weighted by Gasteiger charge is -2.34. The van der Waals surface area contributed by atoms with Gasteiger partial charge in [-0.2, -0.15) is 39.5 Å². The van der Waals surface area contributed by atoms with Gasteiger partial charge in [-0.1, -0.05) is 58.8 Å². The average Bonchev–Trinajstić information content (AvgIpc) is 3.20. The second-order valence-corrected chi connectivity index (χ2v) is 9.76. The first kappa shape index (κ1) is 34.5. The molecular formula is C21H33F9N2O3S. The molecule has 5 nitrogen and oxygen atoms in total. The summed E-state index contributed by atoms with van der Waals surface area (Å²) >= 11 is 0. The van der Waals surface area contributed by atoms with E-state index < -0.39 is 33.4 Å². The van der Waals surface area contributed by atoms with Gasteiger partial charge in [-0.05, 0) is 19.3 Å². The van der Waals surface area contributed by atoms with Gasteiger partial charge in [0.2, 0.25) is 6.33 Å². The SMILES string of the molecule is CCCCCCCCCC[n+]1ccn(CCCC)c1.O=S(=O)([O-])C(F)(F)C(F)(F)C(F)(F)C(F)(F)F. The zero-order valence-corrected chi connectivity index (χ0v) is 21.0. The molecular weight excluding hydrogens is 531 g/mol. The lowest BCUT2D eigenvalue weighted by atomic mass is 10.1. The Morgan fingerprint density at radius 1 is 0.750 bits per heavy atom. The number of alkyl halides is 9. The number of aryl methyl sites for hydroxylation is 2. The van der Waals surface area contributed by atoms with Crippen LogP contribution in [0.2, 0.25) is 0 Å². The molecule has 0 atom stereocenters. The molecule has 0 aromatic carbocycles. The van der Waals surface area contributed by atoms with Gasteiger partial charge in [-0.15, -0.1) is 0 Å². The molecule has 0 spiro atoms. The summed E-state index contributed by atoms with van der Waals surface area (Å²) in [6.45, 7) is 6.89. The zero-order valence-electron chi connectivity index (χ0n) is 20.1. The third-order valence-electron chi connectivity index (χ3n) is 5.22. The third-order valence-corrected chi connectivity index (χ3v) is 6.10. The maximum Gasteiger partial charge on any atom is 0.460 e. The van der Waals surface area contributed by atoms with Gasteiger partial charge in [0.1, 0.15) is 12.4 Å². The van der Waals surface area contributed by atoms with Crippen LogP contribution < -0.4 is 4.57 Å². The van der Waals surface area contributed by atoms with E-state index in [9.17, 15) is 52.5 Å². The molecule has 1 rings (SSSR count). The van der Waals surface area contributed by atoms with E-state index in [4.69, 9.17) is 0 Å². The second-order valence-electron chi connectivity index (χ2n) is 8.34. The molecule has 0 aliphatic rings. The van der Waals surface area contributed by atoms with Crippen LogP contribution in [-0.4, -0.2) is 40.8 Å². The molecule has 0 saturated heterocycles. The molecule has 0 N–H and O–H groups in total. The molecule has 0 aliphatic heterocycles. The van der Waals surface area contributed by atoms with Crippen LogP contribution in [0.1, 0.15) is 78.1 Å². The maximum atomic E-state index is 12.2. The predicted octanol–water partition coefficient (Wildman–Crippen LogP) is 6.67. The van der Waals surface area contributed by atoms with Crippen molar-refractivity contribution in [1.82, 2.24) is 4.57 Å². The lowest BCUT2D eigenvalue weighted by Crippen LogP contribution is -2.63. The topological polar surface area (TPSA) is 66.0 Å². The Hall–Kier alpha value is -1.51. The van der Waals surface area contributed by atoms with Gasteiger partial charge >= 0.3 is 23.3 Å². The number of nitrogens with zero attached hydrogens (tertiary/aromatic N) is 2. The van der Waals surface area contributed by atoms with E-state index in [1.807, 2.05) is 0 Å². The first-order valence-corrected chi connectivity index (χ1v) is 13.0. The van der Waals surface area contributed by atoms with Gasteiger partial charge in [0.25, 0.3) is 0 Å². The smallest absolute Gasteiger partial charge is 0.460 e. The molecule has 0 amide bonds. The number of aromatic nitrogens is 2. The minimum atomic E-state index is -7.43. The first-order chi connectivity index (χ1) is 16.4. The summed E-state index contributed by atoms with van der Waals surface area (Å²) < 4.78 is 140. The van der Waals surface area contributed by atoms with Crippen LogP contribution in [0.4, 0.5) is 39.5 Å². The molecule has 1 aromatic rings. The number of imidazole rings is 1. The average molecular weight is 565 g/mol. The predicted molar refractivity (Wildman–Crippen MR) is 113 cm³/mol. The summed E-state index contributed by atoms with van der Waals surface area (Å²) in [5, 5.41) is -7.11. The van der Waals surface area contributed by atoms with Gasteiger partial charge in [-0.3, -0.25) is 0 Å². The summed E-state index contributed by atoms with van der Waals surface area (Å²) in [4.78, 5) is 0. The number of rotatable bonds is 15. The third kappa shape index (κ3) is 9.75. The van der Waals surface area contributed by atoms with Crippen LogP contribution >= 0.6 is 0 Å². The molecule has 0 saturated carbocycles. The second kappa shape index (κ2) is 14.4. The summed E-state index contributed by atoms with van der Waals surface area (Å²) in [5.74, 6) is -14.8. The molecule has 1 aromatic heterocycles. The van der Waals surface area contributed by atoms with E-state index in [0.717, 1.165) is 0 Å². The Kier molecular flexibility index (Phi) is 13.8. The van der Waals surface area contributed by atoms with Gasteiger partial charge in [0, 0.05) is 0 Å². The van der Waals surface area contributed by atoms with E-state index in [-0.39, 0.29) is 0 Å². The summed E-state index contributed by atoms with van der Waals surface area (Å²) in [5.41, 5.74) is 0. The van der Waals surface area contributed by atoms with Crippen molar-refractivity contribution in [3.8, 4) is 0 Å². The first-order valence-electron chi connectivity index (χ1n) is 11.6. The van der Waals surface area contributed by atoms with Crippen LogP contribution in [0.15, 0.2) is 18.7 Å². The Morgan fingerprint density at radius 2 is 1.22 bits per heavy atom. The molecule has 0 radical (unpaired) electrons. The monoisotopic (exact) mass is 564 g/mol. The van der Waals surface area contributed by atoms with Crippen molar-refractivity contribution in [2.75, 3.05) is 0 Å². The van der Waals surface area contributed by atoms with Crippen molar-refractivity contribution < 1.29 is 57.1 Å². The lowest BCUT2D eigenvalue weighted by molar-refractivity contribution is -0.696. The van der Waals surface area contributed by atoms with Crippen molar-refractivity contribution >= 4 is 10.1 Å². The van der Waals surface area contributed by atoms with Crippen LogP contribution in [0.25, 0.3) is 0 Å². The van der Waals surface area contributed by atoms with Gasteiger partial charge in [0.05, 0.1) is 13.1 Å². The number of unbranched alkanes of at least 4 members (excludes halogenated alkanes) is 8. The van der Waals surface area contributed by atoms with E-state index in [0.29, 0.717) is 0 Å². The minimum Gasteiger partial charge on any atom is -0.743 e. The largest absolute Gasteiger partial charge is 0.743 e. The van der Waals surface area contributed by atoms with Crippen molar-refractivity contribution in [3.63, 3.8) is 0 Å². The number of hydrogen-bond acceptors (Lipinski definition) is 3. The molecule has 0 fully saturated rings. The summed E-state index contributed by atoms with van der Waals surface area (Å²) in [6.07, 6.45) is 13.3. The highest BCUT2D eigenvalue weighted by Crippen LogP contribution is 2.54. The van der Waals surface area contributed by atoms with E-state index in [1.165, 1.54) is 77.3 Å². The van der Waals surface area contributed by atoms with Crippen LogP contribution in [-0.2, 0) is 23.2 Å². The highest BCUT2D eigenvalue weighted by molar-refractivity contribution is 7.86. The Bertz CT molecular complexity index is 857. The fraction of sp³-hybridized carbons (Fsp3) is 0.857. The highest BCUT2D eigenvalue weighted by Gasteiger charge is 2.83. The standard InChI is InChI=1S/C17H33N2.C4HF9O3S/c1-3-5-7-8-9-10-11-12-14-19-16-15-18(17-19)13-6-4-2;5-1(6,3(9,10)11)2(7,8)4(12,13)17(14,15)16/h15-17H,3-14H2,1-2H3;(H,14,15,16)/q+1;/p-1. The molecule has 214 valence electrons. The fourth-order valence-corrected chi connectivity index (χ4v) is 3.43. The minimum absolute atomic E-state index is 1.17. The number of halogens is 9. The van der Waals surface area contributed by atoms with Crippen LogP contribution in [0.5, 0.6) is 0 Å². The van der Waals surface area contributed by atoms with Gasteiger partial charge < -0.3 is 4.55 Å². The van der Waals surface area contributed by atoms with Crippen molar-refractivity contribution in [2.24, 2.45) is 0 Å². The Morgan fingerprint density at radius 3 is 1.67 bits per heavy atom. The Labute approximate surface area is 205 Å². The number of hydrogen-bond donors (Lipinski definition) is 0. The summed E-state index contributed by atoms with van der Waals surface area (Å²) in [6, 6.07) is 0. The van der Waals surface area contributed by atoms with Crippen LogP contribution in [0.3, 0.4) is 0 Å². The van der Waals surface area contributed by atoms with Crippen molar-refractivity contribution in [2.45, 2.75) is 114 Å². The molecule has 15 heteroatoms. The quantitative estimate of drug-likeness (QED) is 0.103. The van der Waals surface area contributed by atoms with E-state index in [2.05, 4.69) is 41.7 Å². The van der Waals surface area contributed by atoms with E-state index >= 15 is 0 Å². The maximum absolute atomic E-state index is 12.2. The molecule has 0 aliphatic carbocycles. The highest BCUT2D eigenvalue weighted by atomic mass is 32.2. The molecule has 0 unspecified atom stereocenters. The fourth-order valence-electron chi connectivity index (χ4n) is 2.99. The summed E-state index contributed by atoms with van der Waals surface area (Å²) in [7, 11) is -7.42. The van der Waals surface area contributed by atoms with Gasteiger partial charge in [-0.25, -0.2) is 17.6 Å². The molecule has 36 heavy (non-hydrogen) atoms.